The number of benzene rings is 1. The molecule has 0 saturated heterocycles. The van der Waals surface area contributed by atoms with Gasteiger partial charge in [0.05, 0.1) is 18.6 Å². The van der Waals surface area contributed by atoms with Gasteiger partial charge < -0.3 is 10.1 Å². The zero-order chi connectivity index (χ0) is 15.3. The molecule has 0 atom stereocenters. The van der Waals surface area contributed by atoms with E-state index in [0.29, 0.717) is 28.9 Å². The number of halogens is 1. The molecule has 2 N–H and O–H groups in total. The molecule has 0 heterocycles. The number of ether oxygens (including phenoxy) is 1. The first-order valence-corrected chi connectivity index (χ1v) is 9.10. The third-order valence-electron chi connectivity index (χ3n) is 3.28. The Kier molecular flexibility index (Phi) is 5.72. The van der Waals surface area contributed by atoms with Crippen molar-refractivity contribution in [2.45, 2.75) is 31.7 Å². The molecule has 1 aromatic carbocycles. The Hall–Kier alpha value is -0.980. The summed E-state index contributed by atoms with van der Waals surface area (Å²) in [6, 6.07) is 5.50. The Morgan fingerprint density at radius 3 is 2.76 bits per heavy atom. The molecule has 7 heteroatoms. The minimum absolute atomic E-state index is 0.0923. The molecular formula is C14H21ClN2O3S. The van der Waals surface area contributed by atoms with E-state index in [2.05, 4.69) is 10.0 Å². The van der Waals surface area contributed by atoms with Crippen molar-refractivity contribution in [3.05, 3.63) is 23.2 Å². The topological polar surface area (TPSA) is 67.4 Å². The first kappa shape index (κ1) is 16.4. The van der Waals surface area contributed by atoms with Crippen LogP contribution in [0, 0.1) is 0 Å². The summed E-state index contributed by atoms with van der Waals surface area (Å²) in [5.74, 6) is 0.549. The summed E-state index contributed by atoms with van der Waals surface area (Å²) in [6.07, 6.45) is 3.96. The van der Waals surface area contributed by atoms with Gasteiger partial charge in [-0.1, -0.05) is 11.6 Å². The summed E-state index contributed by atoms with van der Waals surface area (Å²) in [7, 11) is -1.89. The summed E-state index contributed by atoms with van der Waals surface area (Å²) < 4.78 is 31.8. The van der Waals surface area contributed by atoms with Crippen LogP contribution in [0.4, 0.5) is 5.69 Å². The highest BCUT2D eigenvalue weighted by Gasteiger charge is 2.19. The summed E-state index contributed by atoms with van der Waals surface area (Å²) in [5, 5.41) is 3.83. The first-order chi connectivity index (χ1) is 10.00. The van der Waals surface area contributed by atoms with E-state index in [0.717, 1.165) is 13.0 Å². The smallest absolute Gasteiger partial charge is 0.232 e. The number of methoxy groups -OCH3 is 1. The van der Waals surface area contributed by atoms with Crippen LogP contribution >= 0.6 is 11.6 Å². The molecule has 1 aliphatic carbocycles. The van der Waals surface area contributed by atoms with Crippen molar-refractivity contribution in [3.63, 3.8) is 0 Å². The van der Waals surface area contributed by atoms with Gasteiger partial charge >= 0.3 is 0 Å². The number of hydrogen-bond donors (Lipinski definition) is 2. The average molecular weight is 333 g/mol. The molecule has 0 aliphatic heterocycles. The largest absolute Gasteiger partial charge is 0.495 e. The van der Waals surface area contributed by atoms with Crippen molar-refractivity contribution < 1.29 is 13.2 Å². The van der Waals surface area contributed by atoms with Crippen LogP contribution in [0.3, 0.4) is 0 Å². The maximum absolute atomic E-state index is 12.1. The Morgan fingerprint density at radius 1 is 1.33 bits per heavy atom. The quantitative estimate of drug-likeness (QED) is 0.682. The fraction of sp³-hybridized carbons (Fsp3) is 0.571. The van der Waals surface area contributed by atoms with Gasteiger partial charge in [-0.25, -0.2) is 8.42 Å². The number of rotatable bonds is 9. The van der Waals surface area contributed by atoms with Crippen LogP contribution in [0.15, 0.2) is 18.2 Å². The van der Waals surface area contributed by atoms with E-state index in [-0.39, 0.29) is 5.75 Å². The highest BCUT2D eigenvalue weighted by molar-refractivity contribution is 7.92. The van der Waals surface area contributed by atoms with Gasteiger partial charge in [-0.15, -0.1) is 0 Å². The molecule has 0 bridgehead atoms. The van der Waals surface area contributed by atoms with Crippen molar-refractivity contribution in [2.75, 3.05) is 24.1 Å². The van der Waals surface area contributed by atoms with Gasteiger partial charge in [0.2, 0.25) is 10.0 Å². The summed E-state index contributed by atoms with van der Waals surface area (Å²) in [5.41, 5.74) is 0.376. The third-order valence-corrected chi connectivity index (χ3v) is 4.87. The van der Waals surface area contributed by atoms with Crippen molar-refractivity contribution in [3.8, 4) is 5.75 Å². The highest BCUT2D eigenvalue weighted by Crippen LogP contribution is 2.28. The Morgan fingerprint density at radius 2 is 2.10 bits per heavy atom. The molecule has 0 radical (unpaired) electrons. The number of unbranched alkanes of at least 4 members (excludes halogenated alkanes) is 1. The van der Waals surface area contributed by atoms with E-state index in [1.807, 2.05) is 0 Å². The van der Waals surface area contributed by atoms with Gasteiger partial charge in [-0.2, -0.15) is 0 Å². The lowest BCUT2D eigenvalue weighted by Crippen LogP contribution is -2.20. The standard InChI is InChI=1S/C14H21ClN2O3S/c1-20-14-7-4-11(15)10-13(14)17-21(18,19)9-3-2-8-16-12-5-6-12/h4,7,10,12,16-17H,2-3,5-6,8-9H2,1H3. The second-order valence-electron chi connectivity index (χ2n) is 5.20. The van der Waals surface area contributed by atoms with Crippen molar-refractivity contribution in [1.29, 1.82) is 0 Å². The van der Waals surface area contributed by atoms with E-state index >= 15 is 0 Å². The number of hydrogen-bond acceptors (Lipinski definition) is 4. The molecule has 0 unspecified atom stereocenters. The minimum atomic E-state index is -3.39. The fourth-order valence-electron chi connectivity index (χ4n) is 1.99. The molecule has 118 valence electrons. The SMILES string of the molecule is COc1ccc(Cl)cc1NS(=O)(=O)CCCCNC1CC1. The summed E-state index contributed by atoms with van der Waals surface area (Å²) in [4.78, 5) is 0. The van der Waals surface area contributed by atoms with Crippen LogP contribution in [-0.4, -0.2) is 33.9 Å². The molecule has 0 spiro atoms. The first-order valence-electron chi connectivity index (χ1n) is 7.07. The maximum atomic E-state index is 12.1. The van der Waals surface area contributed by atoms with Gasteiger partial charge in [0, 0.05) is 11.1 Å². The number of nitrogens with one attached hydrogen (secondary N) is 2. The average Bonchev–Trinajstić information content (AvgIpc) is 3.22. The normalized spacial score (nSPS) is 15.0. The summed E-state index contributed by atoms with van der Waals surface area (Å²) in [6.45, 7) is 0.876. The lowest BCUT2D eigenvalue weighted by atomic mass is 10.3. The second kappa shape index (κ2) is 7.33. The van der Waals surface area contributed by atoms with Crippen molar-refractivity contribution in [2.24, 2.45) is 0 Å². The fourth-order valence-corrected chi connectivity index (χ4v) is 3.34. The maximum Gasteiger partial charge on any atom is 0.232 e. The number of sulfonamides is 1. The van der Waals surface area contributed by atoms with E-state index < -0.39 is 10.0 Å². The van der Waals surface area contributed by atoms with Crippen molar-refractivity contribution >= 4 is 27.3 Å². The van der Waals surface area contributed by atoms with E-state index in [9.17, 15) is 8.42 Å². The minimum Gasteiger partial charge on any atom is -0.495 e. The van der Waals surface area contributed by atoms with Crippen molar-refractivity contribution in [1.82, 2.24) is 5.32 Å². The predicted octanol–water partition coefficient (Wildman–Crippen LogP) is 2.62. The molecule has 1 saturated carbocycles. The molecule has 0 aromatic heterocycles. The lowest BCUT2D eigenvalue weighted by Gasteiger charge is -2.12. The summed E-state index contributed by atoms with van der Waals surface area (Å²) >= 11 is 5.89. The molecule has 2 rings (SSSR count). The number of anilines is 1. The third kappa shape index (κ3) is 5.73. The molecule has 5 nitrogen and oxygen atoms in total. The molecule has 1 aromatic rings. The molecule has 21 heavy (non-hydrogen) atoms. The zero-order valence-corrected chi connectivity index (χ0v) is 13.6. The van der Waals surface area contributed by atoms with Crippen LogP contribution in [-0.2, 0) is 10.0 Å². The second-order valence-corrected chi connectivity index (χ2v) is 7.48. The van der Waals surface area contributed by atoms with E-state index in [4.69, 9.17) is 16.3 Å². The van der Waals surface area contributed by atoms with E-state index in [1.54, 1.807) is 18.2 Å². The van der Waals surface area contributed by atoms with Gasteiger partial charge in [0.25, 0.3) is 0 Å². The van der Waals surface area contributed by atoms with Crippen LogP contribution in [0.25, 0.3) is 0 Å². The van der Waals surface area contributed by atoms with Crippen LogP contribution in [0.2, 0.25) is 5.02 Å². The Labute approximate surface area is 131 Å². The van der Waals surface area contributed by atoms with Crippen LogP contribution in [0.5, 0.6) is 5.75 Å². The Balaban J connectivity index is 1.83. The van der Waals surface area contributed by atoms with Gasteiger partial charge in [-0.3, -0.25) is 4.72 Å². The van der Waals surface area contributed by atoms with Gasteiger partial charge in [-0.05, 0) is 50.4 Å². The predicted molar refractivity (Wildman–Crippen MR) is 85.7 cm³/mol. The van der Waals surface area contributed by atoms with Crippen LogP contribution in [0.1, 0.15) is 25.7 Å². The lowest BCUT2D eigenvalue weighted by molar-refractivity contribution is 0.417. The van der Waals surface area contributed by atoms with Gasteiger partial charge in [0.15, 0.2) is 0 Å². The Bertz CT molecular complexity index is 574. The molecule has 0 amide bonds. The van der Waals surface area contributed by atoms with Crippen LogP contribution < -0.4 is 14.8 Å². The monoisotopic (exact) mass is 332 g/mol. The van der Waals surface area contributed by atoms with Gasteiger partial charge in [0.1, 0.15) is 5.75 Å². The zero-order valence-electron chi connectivity index (χ0n) is 12.1. The highest BCUT2D eigenvalue weighted by atomic mass is 35.5. The molecule has 1 aliphatic rings. The molecular weight excluding hydrogens is 312 g/mol. The molecule has 1 fully saturated rings. The van der Waals surface area contributed by atoms with E-state index in [1.165, 1.54) is 20.0 Å².